The SMILES string of the molecule is Cc1ccc(Cl)c(Nc2nc3cccc(N([O-])O)c3n3cncc23)c1Cl. The Hall–Kier alpha value is -2.58. The van der Waals surface area contributed by atoms with Gasteiger partial charge in [0, 0.05) is 0 Å². The van der Waals surface area contributed by atoms with Gasteiger partial charge in [-0.05, 0) is 30.7 Å². The highest BCUT2D eigenvalue weighted by Gasteiger charge is 2.15. The lowest BCUT2D eigenvalue weighted by Crippen LogP contribution is -2.10. The molecule has 2 aromatic heterocycles. The Morgan fingerprint density at radius 2 is 2.04 bits per heavy atom. The predicted molar refractivity (Wildman–Crippen MR) is 103 cm³/mol. The monoisotopic (exact) mass is 388 g/mol. The van der Waals surface area contributed by atoms with Crippen molar-refractivity contribution in [2.75, 3.05) is 10.5 Å². The lowest BCUT2D eigenvalue weighted by atomic mass is 10.2. The summed E-state index contributed by atoms with van der Waals surface area (Å²) in [6.07, 6.45) is 3.13. The van der Waals surface area contributed by atoms with Gasteiger partial charge in [-0.2, -0.15) is 0 Å². The average molecular weight is 389 g/mol. The Labute approximate surface area is 158 Å². The molecule has 0 spiro atoms. The van der Waals surface area contributed by atoms with Crippen LogP contribution in [0.15, 0.2) is 42.9 Å². The number of aromatic nitrogens is 3. The van der Waals surface area contributed by atoms with Crippen molar-refractivity contribution in [3.63, 3.8) is 0 Å². The van der Waals surface area contributed by atoms with Crippen molar-refractivity contribution in [2.45, 2.75) is 6.92 Å². The molecule has 0 bridgehead atoms. The number of imidazole rings is 1. The van der Waals surface area contributed by atoms with Gasteiger partial charge in [0.2, 0.25) is 0 Å². The quantitative estimate of drug-likeness (QED) is 0.483. The molecule has 0 radical (unpaired) electrons. The molecule has 0 saturated heterocycles. The lowest BCUT2D eigenvalue weighted by Gasteiger charge is -2.23. The van der Waals surface area contributed by atoms with Gasteiger partial charge in [0.05, 0.1) is 45.0 Å². The molecule has 9 heteroatoms. The first-order valence-electron chi connectivity index (χ1n) is 7.60. The second-order valence-corrected chi connectivity index (χ2v) is 6.49. The maximum atomic E-state index is 11.5. The van der Waals surface area contributed by atoms with E-state index in [1.807, 2.05) is 13.0 Å². The third kappa shape index (κ3) is 2.62. The van der Waals surface area contributed by atoms with Gasteiger partial charge in [-0.3, -0.25) is 9.61 Å². The molecular weight excluding hydrogens is 377 g/mol. The first-order valence-corrected chi connectivity index (χ1v) is 8.35. The first kappa shape index (κ1) is 16.9. The van der Waals surface area contributed by atoms with E-state index in [1.54, 1.807) is 28.8 Å². The van der Waals surface area contributed by atoms with Gasteiger partial charge in [-0.25, -0.2) is 9.97 Å². The van der Waals surface area contributed by atoms with Gasteiger partial charge >= 0.3 is 0 Å². The molecule has 132 valence electrons. The van der Waals surface area contributed by atoms with Crippen LogP contribution in [0.2, 0.25) is 10.0 Å². The van der Waals surface area contributed by atoms with E-state index in [0.717, 1.165) is 5.56 Å². The van der Waals surface area contributed by atoms with Crippen LogP contribution in [0, 0.1) is 12.1 Å². The summed E-state index contributed by atoms with van der Waals surface area (Å²) in [4.78, 5) is 8.69. The summed E-state index contributed by atoms with van der Waals surface area (Å²) in [5.74, 6) is 0.469. The van der Waals surface area contributed by atoms with Gasteiger partial charge < -0.3 is 15.8 Å². The van der Waals surface area contributed by atoms with Crippen LogP contribution in [0.25, 0.3) is 16.6 Å². The van der Waals surface area contributed by atoms with Crippen molar-refractivity contribution in [1.82, 2.24) is 14.4 Å². The highest BCUT2D eigenvalue weighted by atomic mass is 35.5. The number of nitrogens with one attached hydrogen (secondary N) is 1. The molecule has 0 amide bonds. The summed E-state index contributed by atoms with van der Waals surface area (Å²) >= 11 is 12.7. The molecule has 2 aromatic carbocycles. The van der Waals surface area contributed by atoms with Crippen LogP contribution in [0.4, 0.5) is 17.2 Å². The molecule has 7 nitrogen and oxygen atoms in total. The molecule has 0 aliphatic rings. The van der Waals surface area contributed by atoms with E-state index in [2.05, 4.69) is 15.3 Å². The van der Waals surface area contributed by atoms with Crippen LogP contribution in [-0.4, -0.2) is 19.6 Å². The number of hydrogen-bond donors (Lipinski definition) is 2. The molecule has 2 heterocycles. The van der Waals surface area contributed by atoms with Crippen LogP contribution < -0.4 is 10.5 Å². The van der Waals surface area contributed by atoms with Gasteiger partial charge in [0.25, 0.3) is 0 Å². The van der Waals surface area contributed by atoms with E-state index < -0.39 is 0 Å². The van der Waals surface area contributed by atoms with Gasteiger partial charge in [0.1, 0.15) is 5.52 Å². The minimum absolute atomic E-state index is 0.0659. The van der Waals surface area contributed by atoms with Crippen molar-refractivity contribution in [3.05, 3.63) is 63.7 Å². The molecule has 2 N–H and O–H groups in total. The van der Waals surface area contributed by atoms with Crippen LogP contribution >= 0.6 is 23.2 Å². The fourth-order valence-corrected chi connectivity index (χ4v) is 3.28. The summed E-state index contributed by atoms with van der Waals surface area (Å²) in [6.45, 7) is 1.88. The Morgan fingerprint density at radius 1 is 1.23 bits per heavy atom. The second kappa shape index (κ2) is 6.30. The summed E-state index contributed by atoms with van der Waals surface area (Å²) in [6, 6.07) is 8.43. The smallest absolute Gasteiger partial charge is 0.157 e. The standard InChI is InChI=1S/C17H12Cl2N5O2/c1-9-5-6-10(18)15(14(9)19)22-17-13-7-20-8-23(13)16-11(21-17)3-2-4-12(16)24(25)26/h2-8,25H,1H3,(H,21,22)/q-1. The van der Waals surface area contributed by atoms with Crippen molar-refractivity contribution in [2.24, 2.45) is 0 Å². The maximum Gasteiger partial charge on any atom is 0.157 e. The van der Waals surface area contributed by atoms with Gasteiger partial charge in [-0.1, -0.05) is 35.3 Å². The molecule has 0 unspecified atom stereocenters. The van der Waals surface area contributed by atoms with Crippen LogP contribution in [-0.2, 0) is 0 Å². The summed E-state index contributed by atoms with van der Waals surface area (Å²) in [7, 11) is 0. The van der Waals surface area contributed by atoms with Crippen LogP contribution in [0.5, 0.6) is 0 Å². The fourth-order valence-electron chi connectivity index (χ4n) is 2.82. The molecule has 4 aromatic rings. The molecule has 0 atom stereocenters. The van der Waals surface area contributed by atoms with E-state index in [0.29, 0.717) is 38.1 Å². The van der Waals surface area contributed by atoms with Crippen molar-refractivity contribution >= 4 is 56.9 Å². The highest BCUT2D eigenvalue weighted by molar-refractivity contribution is 6.39. The number of aryl methyl sites for hydroxylation is 1. The normalized spacial score (nSPS) is 11.3. The number of nitrogens with zero attached hydrogens (tertiary/aromatic N) is 4. The van der Waals surface area contributed by atoms with Crippen LogP contribution in [0.1, 0.15) is 5.56 Å². The van der Waals surface area contributed by atoms with E-state index >= 15 is 0 Å². The number of fused-ring (bicyclic) bond motifs is 3. The average Bonchev–Trinajstić information content (AvgIpc) is 3.11. The Kier molecular flexibility index (Phi) is 4.08. The molecule has 26 heavy (non-hydrogen) atoms. The number of anilines is 3. The highest BCUT2D eigenvalue weighted by Crippen LogP contribution is 2.37. The Morgan fingerprint density at radius 3 is 2.81 bits per heavy atom. The molecule has 0 fully saturated rings. The minimum Gasteiger partial charge on any atom is -0.733 e. The van der Waals surface area contributed by atoms with E-state index in [1.165, 1.54) is 12.4 Å². The zero-order valence-corrected chi connectivity index (χ0v) is 15.0. The molecular formula is C17H12Cl2N5O2-. The van der Waals surface area contributed by atoms with Gasteiger partial charge in [0.15, 0.2) is 5.82 Å². The number of hydrogen-bond acceptors (Lipinski definition) is 6. The largest absolute Gasteiger partial charge is 0.733 e. The molecule has 0 saturated carbocycles. The Balaban J connectivity index is 1.97. The minimum atomic E-state index is -0.190. The lowest BCUT2D eigenvalue weighted by molar-refractivity contribution is 0.297. The van der Waals surface area contributed by atoms with Crippen molar-refractivity contribution in [3.8, 4) is 0 Å². The van der Waals surface area contributed by atoms with E-state index in [-0.39, 0.29) is 10.9 Å². The van der Waals surface area contributed by atoms with E-state index in [9.17, 15) is 10.4 Å². The summed E-state index contributed by atoms with van der Waals surface area (Å²) in [5, 5.41) is 24.8. The Bertz CT molecular complexity index is 1140. The van der Waals surface area contributed by atoms with Crippen LogP contribution in [0.3, 0.4) is 0 Å². The number of halogens is 2. The zero-order chi connectivity index (χ0) is 18.4. The zero-order valence-electron chi connectivity index (χ0n) is 13.4. The first-order chi connectivity index (χ1) is 12.5. The van der Waals surface area contributed by atoms with Crippen molar-refractivity contribution in [1.29, 1.82) is 0 Å². The van der Waals surface area contributed by atoms with Gasteiger partial charge in [-0.15, -0.1) is 0 Å². The number of benzene rings is 2. The molecule has 0 aliphatic heterocycles. The topological polar surface area (TPSA) is 88.8 Å². The second-order valence-electron chi connectivity index (χ2n) is 5.71. The maximum absolute atomic E-state index is 11.5. The summed E-state index contributed by atoms with van der Waals surface area (Å²) < 4.78 is 1.67. The van der Waals surface area contributed by atoms with Crippen molar-refractivity contribution < 1.29 is 5.21 Å². The molecule has 0 aliphatic carbocycles. The summed E-state index contributed by atoms with van der Waals surface area (Å²) in [5.41, 5.74) is 2.99. The fraction of sp³-hybridized carbons (Fsp3) is 0.0588. The van der Waals surface area contributed by atoms with E-state index in [4.69, 9.17) is 23.2 Å². The third-order valence-electron chi connectivity index (χ3n) is 4.08. The predicted octanol–water partition coefficient (Wildman–Crippen LogP) is 4.93. The molecule has 4 rings (SSSR count). The third-order valence-corrected chi connectivity index (χ3v) is 4.88. The number of rotatable bonds is 3. The number of para-hydroxylation sites is 1.